The van der Waals surface area contributed by atoms with Crippen LogP contribution in [0.15, 0.2) is 42.6 Å². The fraction of sp³-hybridized carbons (Fsp3) is 0.250. The summed E-state index contributed by atoms with van der Waals surface area (Å²) in [6.45, 7) is 6.56. The first-order valence-corrected chi connectivity index (χ1v) is 10.5. The molecule has 0 fully saturated rings. The highest BCUT2D eigenvalue weighted by Crippen LogP contribution is 2.31. The molecule has 0 aliphatic carbocycles. The molecule has 4 aromatic heterocycles. The number of nitrogens with zero attached hydrogens (tertiary/aromatic N) is 6. The summed E-state index contributed by atoms with van der Waals surface area (Å²) >= 11 is 0. The monoisotopic (exact) mass is 427 g/mol. The van der Waals surface area contributed by atoms with E-state index in [1.807, 2.05) is 55.2 Å². The molecule has 0 aliphatic rings. The second-order valence-corrected chi connectivity index (χ2v) is 8.09. The summed E-state index contributed by atoms with van der Waals surface area (Å²) in [6.07, 6.45) is 1.78. The summed E-state index contributed by atoms with van der Waals surface area (Å²) < 4.78 is 3.83. The average molecular weight is 428 g/mol. The molecule has 0 saturated carbocycles. The van der Waals surface area contributed by atoms with E-state index in [0.717, 1.165) is 56.1 Å². The van der Waals surface area contributed by atoms with Crippen LogP contribution >= 0.6 is 0 Å². The van der Waals surface area contributed by atoms with Crippen LogP contribution in [-0.4, -0.2) is 34.5 Å². The Kier molecular flexibility index (Phi) is 4.86. The number of anilines is 1. The third kappa shape index (κ3) is 3.38. The van der Waals surface area contributed by atoms with E-state index in [1.54, 1.807) is 6.20 Å². The van der Waals surface area contributed by atoms with Gasteiger partial charge in [0.25, 0.3) is 0 Å². The Balaban J connectivity index is 1.56. The van der Waals surface area contributed by atoms with E-state index < -0.39 is 0 Å². The Morgan fingerprint density at radius 1 is 1.00 bits per heavy atom. The van der Waals surface area contributed by atoms with Crippen LogP contribution in [0.1, 0.15) is 28.3 Å². The van der Waals surface area contributed by atoms with Crippen molar-refractivity contribution < 1.29 is 5.11 Å². The minimum Gasteiger partial charge on any atom is -0.390 e. The number of imidazole rings is 1. The molecule has 2 N–H and O–H groups in total. The molecule has 8 heteroatoms. The van der Waals surface area contributed by atoms with Crippen LogP contribution in [-0.2, 0) is 20.2 Å². The number of hydrogen-bond acceptors (Lipinski definition) is 6. The molecule has 8 nitrogen and oxygen atoms in total. The molecule has 5 aromatic rings. The lowest BCUT2D eigenvalue weighted by molar-refractivity contribution is 0.277. The average Bonchev–Trinajstić information content (AvgIpc) is 3.27. The SMILES string of the molecule is Cc1cc(NCc2ccc(CO)nc2)c2nc(C)c(-c3ccc4c(c3)c(C)nn4C)n2n1. The van der Waals surface area contributed by atoms with Crippen molar-refractivity contribution in [2.75, 3.05) is 5.32 Å². The molecule has 5 rings (SSSR count). The quantitative estimate of drug-likeness (QED) is 0.444. The second-order valence-electron chi connectivity index (χ2n) is 8.09. The molecule has 0 amide bonds. The minimum atomic E-state index is -0.0572. The zero-order chi connectivity index (χ0) is 22.4. The molecular weight excluding hydrogens is 402 g/mol. The molecule has 0 bridgehead atoms. The maximum absolute atomic E-state index is 9.18. The largest absolute Gasteiger partial charge is 0.390 e. The number of hydrogen-bond donors (Lipinski definition) is 2. The highest BCUT2D eigenvalue weighted by atomic mass is 16.3. The van der Waals surface area contributed by atoms with Crippen LogP contribution in [0.4, 0.5) is 5.69 Å². The second kappa shape index (κ2) is 7.72. The van der Waals surface area contributed by atoms with Gasteiger partial charge in [0, 0.05) is 30.7 Å². The lowest BCUT2D eigenvalue weighted by Crippen LogP contribution is -2.05. The van der Waals surface area contributed by atoms with Crippen molar-refractivity contribution >= 4 is 22.2 Å². The van der Waals surface area contributed by atoms with Gasteiger partial charge in [-0.25, -0.2) is 9.50 Å². The highest BCUT2D eigenvalue weighted by molar-refractivity contribution is 5.87. The number of rotatable bonds is 5. The normalized spacial score (nSPS) is 11.5. The molecule has 0 radical (unpaired) electrons. The van der Waals surface area contributed by atoms with Gasteiger partial charge < -0.3 is 10.4 Å². The minimum absolute atomic E-state index is 0.0572. The summed E-state index contributed by atoms with van der Waals surface area (Å²) in [5, 5.41) is 23.1. The van der Waals surface area contributed by atoms with Gasteiger partial charge in [0.1, 0.15) is 0 Å². The van der Waals surface area contributed by atoms with E-state index in [4.69, 9.17) is 10.1 Å². The number of benzene rings is 1. The van der Waals surface area contributed by atoms with Gasteiger partial charge in [-0.05, 0) is 50.6 Å². The lowest BCUT2D eigenvalue weighted by Gasteiger charge is -2.10. The molecule has 0 aliphatic heterocycles. The highest BCUT2D eigenvalue weighted by Gasteiger charge is 2.17. The Hall–Kier alpha value is -3.78. The van der Waals surface area contributed by atoms with E-state index in [1.165, 1.54) is 0 Å². The maximum atomic E-state index is 9.18. The summed E-state index contributed by atoms with van der Waals surface area (Å²) in [7, 11) is 1.96. The summed E-state index contributed by atoms with van der Waals surface area (Å²) in [5.74, 6) is 0. The van der Waals surface area contributed by atoms with E-state index in [-0.39, 0.29) is 6.61 Å². The number of nitrogens with one attached hydrogen (secondary N) is 1. The van der Waals surface area contributed by atoms with Crippen molar-refractivity contribution in [3.05, 3.63) is 70.9 Å². The molecule has 0 saturated heterocycles. The standard InChI is InChI=1S/C24H25N7O/c1-14-9-21(26-12-17-5-7-19(13-32)25-11-17)24-27-16(3)23(31(24)28-14)18-6-8-22-20(10-18)15(2)29-30(22)4/h5-11,26,32H,12-13H2,1-4H3. The number of aromatic nitrogens is 6. The molecule has 0 unspecified atom stereocenters. The van der Waals surface area contributed by atoms with Crippen molar-refractivity contribution in [1.82, 2.24) is 29.4 Å². The molecule has 162 valence electrons. The van der Waals surface area contributed by atoms with Gasteiger partial charge in [-0.2, -0.15) is 10.2 Å². The Morgan fingerprint density at radius 3 is 2.59 bits per heavy atom. The Labute approximate surface area is 185 Å². The van der Waals surface area contributed by atoms with Crippen LogP contribution in [0.5, 0.6) is 0 Å². The number of aryl methyl sites for hydroxylation is 4. The maximum Gasteiger partial charge on any atom is 0.177 e. The predicted molar refractivity (Wildman–Crippen MR) is 124 cm³/mol. The summed E-state index contributed by atoms with van der Waals surface area (Å²) in [6, 6.07) is 12.2. The smallest absolute Gasteiger partial charge is 0.177 e. The number of pyridine rings is 1. The molecule has 4 heterocycles. The molecule has 1 aromatic carbocycles. The van der Waals surface area contributed by atoms with Gasteiger partial charge >= 0.3 is 0 Å². The molecule has 0 spiro atoms. The van der Waals surface area contributed by atoms with Crippen LogP contribution < -0.4 is 5.32 Å². The van der Waals surface area contributed by atoms with Crippen molar-refractivity contribution in [1.29, 1.82) is 0 Å². The van der Waals surface area contributed by atoms with Gasteiger partial charge in [0.15, 0.2) is 5.65 Å². The molecule has 0 atom stereocenters. The van der Waals surface area contributed by atoms with Gasteiger partial charge in [-0.1, -0.05) is 12.1 Å². The Morgan fingerprint density at radius 2 is 1.84 bits per heavy atom. The fourth-order valence-electron chi connectivity index (χ4n) is 4.15. The van der Waals surface area contributed by atoms with Crippen molar-refractivity contribution in [2.45, 2.75) is 33.9 Å². The van der Waals surface area contributed by atoms with Gasteiger partial charge in [0.2, 0.25) is 0 Å². The van der Waals surface area contributed by atoms with Crippen LogP contribution in [0.3, 0.4) is 0 Å². The predicted octanol–water partition coefficient (Wildman–Crippen LogP) is 3.71. The number of aliphatic hydroxyl groups is 1. The summed E-state index contributed by atoms with van der Waals surface area (Å²) in [4.78, 5) is 9.10. The fourth-order valence-corrected chi connectivity index (χ4v) is 4.15. The number of aliphatic hydroxyl groups excluding tert-OH is 1. The topological polar surface area (TPSA) is 93.2 Å². The third-order valence-electron chi connectivity index (χ3n) is 5.72. The van der Waals surface area contributed by atoms with Crippen molar-refractivity contribution in [2.24, 2.45) is 7.05 Å². The first-order chi connectivity index (χ1) is 15.4. The third-order valence-corrected chi connectivity index (χ3v) is 5.72. The van der Waals surface area contributed by atoms with Gasteiger partial charge in [0.05, 0.1) is 46.3 Å². The van der Waals surface area contributed by atoms with E-state index in [9.17, 15) is 5.11 Å². The van der Waals surface area contributed by atoms with Crippen LogP contribution in [0, 0.1) is 20.8 Å². The van der Waals surface area contributed by atoms with Crippen LogP contribution in [0.2, 0.25) is 0 Å². The van der Waals surface area contributed by atoms with Gasteiger partial charge in [-0.15, -0.1) is 0 Å². The van der Waals surface area contributed by atoms with Crippen molar-refractivity contribution in [3.8, 4) is 11.3 Å². The zero-order valence-electron chi connectivity index (χ0n) is 18.6. The van der Waals surface area contributed by atoms with E-state index in [0.29, 0.717) is 12.2 Å². The first-order valence-electron chi connectivity index (χ1n) is 10.5. The Bertz CT molecular complexity index is 1450. The molecular formula is C24H25N7O. The zero-order valence-corrected chi connectivity index (χ0v) is 18.6. The lowest BCUT2D eigenvalue weighted by atomic mass is 10.1. The number of fused-ring (bicyclic) bond motifs is 2. The van der Waals surface area contributed by atoms with E-state index in [2.05, 4.69) is 33.6 Å². The van der Waals surface area contributed by atoms with E-state index >= 15 is 0 Å². The first kappa shape index (κ1) is 20.1. The van der Waals surface area contributed by atoms with Crippen LogP contribution in [0.25, 0.3) is 27.8 Å². The van der Waals surface area contributed by atoms with Crippen molar-refractivity contribution in [3.63, 3.8) is 0 Å². The van der Waals surface area contributed by atoms with Gasteiger partial charge in [-0.3, -0.25) is 9.67 Å². The summed E-state index contributed by atoms with van der Waals surface area (Å²) in [5.41, 5.74) is 9.33. The molecule has 32 heavy (non-hydrogen) atoms.